The number of nitrogens with one attached hydrogen (secondary N) is 1. The van der Waals surface area contributed by atoms with Crippen molar-refractivity contribution in [3.8, 4) is 0 Å². The number of fused-ring (bicyclic) bond motifs is 1. The van der Waals surface area contributed by atoms with Gasteiger partial charge in [0.05, 0.1) is 11.0 Å². The molecular weight excluding hydrogens is 288 g/mol. The van der Waals surface area contributed by atoms with Crippen molar-refractivity contribution in [3.05, 3.63) is 60.2 Å². The van der Waals surface area contributed by atoms with Gasteiger partial charge in [0.15, 0.2) is 0 Å². The van der Waals surface area contributed by atoms with Crippen molar-refractivity contribution in [2.75, 3.05) is 13.6 Å². The van der Waals surface area contributed by atoms with E-state index in [1.165, 1.54) is 0 Å². The fraction of sp³-hybridized carbons (Fsp3) is 0.278. The van der Waals surface area contributed by atoms with E-state index in [0.29, 0.717) is 19.4 Å². The molecule has 3 aromatic rings. The highest BCUT2D eigenvalue weighted by molar-refractivity contribution is 5.77. The largest absolute Gasteiger partial charge is 0.345 e. The molecule has 2 heterocycles. The van der Waals surface area contributed by atoms with E-state index < -0.39 is 0 Å². The third-order valence-corrected chi connectivity index (χ3v) is 3.87. The summed E-state index contributed by atoms with van der Waals surface area (Å²) >= 11 is 0. The van der Waals surface area contributed by atoms with Crippen LogP contribution >= 0.6 is 0 Å². The molecule has 1 N–H and O–H groups in total. The Morgan fingerprint density at radius 3 is 2.74 bits per heavy atom. The minimum Gasteiger partial charge on any atom is -0.345 e. The van der Waals surface area contributed by atoms with Gasteiger partial charge in [0.25, 0.3) is 0 Å². The highest BCUT2D eigenvalue weighted by atomic mass is 16.2. The summed E-state index contributed by atoms with van der Waals surface area (Å²) in [4.78, 5) is 26.0. The third-order valence-electron chi connectivity index (χ3n) is 3.87. The van der Waals surface area contributed by atoms with E-state index in [0.717, 1.165) is 29.0 Å². The Hall–Kier alpha value is -2.69. The van der Waals surface area contributed by atoms with Crippen LogP contribution in [0.3, 0.4) is 0 Å². The van der Waals surface area contributed by atoms with E-state index in [9.17, 15) is 4.79 Å². The van der Waals surface area contributed by atoms with E-state index in [1.54, 1.807) is 11.1 Å². The summed E-state index contributed by atoms with van der Waals surface area (Å²) < 4.78 is 0. The van der Waals surface area contributed by atoms with Crippen molar-refractivity contribution in [3.63, 3.8) is 0 Å². The van der Waals surface area contributed by atoms with Crippen LogP contribution in [0, 0.1) is 0 Å². The van der Waals surface area contributed by atoms with Crippen molar-refractivity contribution in [1.82, 2.24) is 19.9 Å². The number of nitrogens with zero attached hydrogens (tertiary/aromatic N) is 3. The number of hydrogen-bond acceptors (Lipinski definition) is 3. The van der Waals surface area contributed by atoms with Gasteiger partial charge in [0.2, 0.25) is 5.91 Å². The quantitative estimate of drug-likeness (QED) is 0.761. The molecule has 1 aromatic carbocycles. The number of aromatic amines is 1. The van der Waals surface area contributed by atoms with Gasteiger partial charge in [-0.25, -0.2) is 4.98 Å². The van der Waals surface area contributed by atoms with Crippen molar-refractivity contribution < 1.29 is 4.79 Å². The fourth-order valence-corrected chi connectivity index (χ4v) is 2.49. The Labute approximate surface area is 135 Å². The molecule has 1 amide bonds. The molecule has 0 aliphatic carbocycles. The van der Waals surface area contributed by atoms with Crippen molar-refractivity contribution in [2.24, 2.45) is 0 Å². The Morgan fingerprint density at radius 2 is 1.96 bits per heavy atom. The summed E-state index contributed by atoms with van der Waals surface area (Å²) in [6, 6.07) is 13.7. The van der Waals surface area contributed by atoms with Gasteiger partial charge in [-0.15, -0.1) is 0 Å². The van der Waals surface area contributed by atoms with Gasteiger partial charge in [0.1, 0.15) is 5.82 Å². The number of H-pyrrole nitrogens is 1. The molecule has 23 heavy (non-hydrogen) atoms. The van der Waals surface area contributed by atoms with Gasteiger partial charge in [-0.05, 0) is 24.3 Å². The average Bonchev–Trinajstić information content (AvgIpc) is 3.01. The second-order valence-corrected chi connectivity index (χ2v) is 5.59. The maximum absolute atomic E-state index is 12.2. The van der Waals surface area contributed by atoms with Crippen LogP contribution in [0.15, 0.2) is 48.7 Å². The lowest BCUT2D eigenvalue weighted by atomic mass is 10.2. The Balaban J connectivity index is 1.50. The highest BCUT2D eigenvalue weighted by Gasteiger charge is 2.11. The predicted octanol–water partition coefficient (Wildman–Crippen LogP) is 2.59. The SMILES string of the molecule is CN(CCc1ccccn1)C(=O)CCc1nc2ccccc2[nH]1. The van der Waals surface area contributed by atoms with Gasteiger partial charge in [0, 0.05) is 44.7 Å². The van der Waals surface area contributed by atoms with Crippen LogP contribution in [0.4, 0.5) is 0 Å². The molecule has 0 aliphatic heterocycles. The van der Waals surface area contributed by atoms with Gasteiger partial charge >= 0.3 is 0 Å². The van der Waals surface area contributed by atoms with Crippen LogP contribution in [0.5, 0.6) is 0 Å². The lowest BCUT2D eigenvalue weighted by molar-refractivity contribution is -0.129. The smallest absolute Gasteiger partial charge is 0.222 e. The van der Waals surface area contributed by atoms with E-state index in [1.807, 2.05) is 49.5 Å². The fourth-order valence-electron chi connectivity index (χ4n) is 2.49. The van der Waals surface area contributed by atoms with Crippen molar-refractivity contribution >= 4 is 16.9 Å². The number of amides is 1. The summed E-state index contributed by atoms with van der Waals surface area (Å²) in [6.45, 7) is 0.677. The molecule has 0 fully saturated rings. The van der Waals surface area contributed by atoms with E-state index in [-0.39, 0.29) is 5.91 Å². The zero-order valence-electron chi connectivity index (χ0n) is 13.2. The molecule has 0 unspecified atom stereocenters. The van der Waals surface area contributed by atoms with Gasteiger partial charge < -0.3 is 9.88 Å². The summed E-state index contributed by atoms with van der Waals surface area (Å²) in [5.41, 5.74) is 2.96. The molecule has 5 heteroatoms. The molecule has 2 aromatic heterocycles. The lowest BCUT2D eigenvalue weighted by Gasteiger charge is -2.16. The number of carbonyl (C=O) groups is 1. The molecule has 0 saturated heterocycles. The molecule has 0 aliphatic rings. The summed E-state index contributed by atoms with van der Waals surface area (Å²) in [7, 11) is 1.84. The molecule has 0 atom stereocenters. The molecular formula is C18H20N4O. The first-order chi connectivity index (χ1) is 11.2. The minimum atomic E-state index is 0.126. The molecule has 0 bridgehead atoms. The van der Waals surface area contributed by atoms with Crippen molar-refractivity contribution in [1.29, 1.82) is 0 Å². The Morgan fingerprint density at radius 1 is 1.13 bits per heavy atom. The first-order valence-electron chi connectivity index (χ1n) is 7.80. The first kappa shape index (κ1) is 15.2. The zero-order valence-corrected chi connectivity index (χ0v) is 13.2. The second kappa shape index (κ2) is 7.05. The maximum Gasteiger partial charge on any atom is 0.222 e. The lowest BCUT2D eigenvalue weighted by Crippen LogP contribution is -2.29. The highest BCUT2D eigenvalue weighted by Crippen LogP contribution is 2.11. The van der Waals surface area contributed by atoms with Crippen LogP contribution in [-0.4, -0.2) is 39.4 Å². The van der Waals surface area contributed by atoms with Crippen LogP contribution in [0.1, 0.15) is 17.9 Å². The number of benzene rings is 1. The standard InChI is InChI=1S/C18H20N4O/c1-22(13-11-14-6-4-5-12-19-14)18(23)10-9-17-20-15-7-2-3-8-16(15)21-17/h2-8,12H,9-11,13H2,1H3,(H,20,21). The molecule has 0 saturated carbocycles. The summed E-state index contributed by atoms with van der Waals surface area (Å²) in [6.07, 6.45) is 3.63. The van der Waals surface area contributed by atoms with Crippen LogP contribution in [0.25, 0.3) is 11.0 Å². The van der Waals surface area contributed by atoms with E-state index in [2.05, 4.69) is 15.0 Å². The molecule has 118 valence electrons. The molecule has 5 nitrogen and oxygen atoms in total. The normalized spacial score (nSPS) is 10.8. The number of carbonyl (C=O) groups excluding carboxylic acids is 1. The second-order valence-electron chi connectivity index (χ2n) is 5.59. The number of para-hydroxylation sites is 2. The van der Waals surface area contributed by atoms with Crippen LogP contribution in [0.2, 0.25) is 0 Å². The van der Waals surface area contributed by atoms with Gasteiger partial charge in [-0.1, -0.05) is 18.2 Å². The van der Waals surface area contributed by atoms with Crippen LogP contribution < -0.4 is 0 Å². The summed E-state index contributed by atoms with van der Waals surface area (Å²) in [5, 5.41) is 0. The Bertz CT molecular complexity index is 749. The Kier molecular flexibility index (Phi) is 4.66. The number of aryl methyl sites for hydroxylation is 1. The van der Waals surface area contributed by atoms with Gasteiger partial charge in [-0.2, -0.15) is 0 Å². The summed E-state index contributed by atoms with van der Waals surface area (Å²) in [5.74, 6) is 0.985. The minimum absolute atomic E-state index is 0.126. The van der Waals surface area contributed by atoms with Crippen molar-refractivity contribution in [2.45, 2.75) is 19.3 Å². The number of hydrogen-bond donors (Lipinski definition) is 1. The number of likely N-dealkylation sites (N-methyl/N-ethyl adjacent to an activating group) is 1. The molecule has 0 radical (unpaired) electrons. The number of rotatable bonds is 6. The third kappa shape index (κ3) is 3.94. The topological polar surface area (TPSA) is 61.9 Å². The number of imidazole rings is 1. The zero-order chi connectivity index (χ0) is 16.1. The maximum atomic E-state index is 12.2. The molecule has 3 rings (SSSR count). The van der Waals surface area contributed by atoms with Crippen LogP contribution in [-0.2, 0) is 17.6 Å². The average molecular weight is 308 g/mol. The molecule has 0 spiro atoms. The monoisotopic (exact) mass is 308 g/mol. The van der Waals surface area contributed by atoms with E-state index >= 15 is 0 Å². The van der Waals surface area contributed by atoms with E-state index in [4.69, 9.17) is 0 Å². The van der Waals surface area contributed by atoms with Gasteiger partial charge in [-0.3, -0.25) is 9.78 Å². The number of aromatic nitrogens is 3. The predicted molar refractivity (Wildman–Crippen MR) is 90.0 cm³/mol. The number of pyridine rings is 1. The first-order valence-corrected chi connectivity index (χ1v) is 7.80.